The Morgan fingerprint density at radius 2 is 1.77 bits per heavy atom. The van der Waals surface area contributed by atoms with Gasteiger partial charge in [0.15, 0.2) is 5.82 Å². The molecule has 3 atom stereocenters. The molecule has 2 aromatic heterocycles. The molecule has 0 saturated carbocycles. The van der Waals surface area contributed by atoms with Crippen LogP contribution < -0.4 is 20.9 Å². The third-order valence-electron chi connectivity index (χ3n) is 6.02. The minimum atomic E-state index is -0.940. The predicted octanol–water partition coefficient (Wildman–Crippen LogP) is 2.71. The maximum Gasteiger partial charge on any atom is 0.153 e. The number of benzene rings is 1. The van der Waals surface area contributed by atoms with E-state index < -0.39 is 5.66 Å². The van der Waals surface area contributed by atoms with E-state index >= 15 is 0 Å². The highest BCUT2D eigenvalue weighted by molar-refractivity contribution is 5.69. The zero-order chi connectivity index (χ0) is 21.4. The molecule has 3 aromatic rings. The lowest BCUT2D eigenvalue weighted by Crippen LogP contribution is -2.55. The molecule has 0 aliphatic carbocycles. The van der Waals surface area contributed by atoms with Gasteiger partial charge in [-0.2, -0.15) is 0 Å². The summed E-state index contributed by atoms with van der Waals surface area (Å²) in [5.41, 5.74) is 9.39. The summed E-state index contributed by atoms with van der Waals surface area (Å²) in [5.74, 6) is 1.63. The number of piperazine rings is 1. The molecule has 1 aromatic carbocycles. The van der Waals surface area contributed by atoms with Crippen LogP contribution in [0, 0.1) is 0 Å². The van der Waals surface area contributed by atoms with Crippen molar-refractivity contribution in [1.82, 2.24) is 20.3 Å². The summed E-state index contributed by atoms with van der Waals surface area (Å²) in [4.78, 5) is 17.8. The number of nitrogens with two attached hydrogens (primary N) is 1. The highest BCUT2D eigenvalue weighted by Crippen LogP contribution is 2.40. The van der Waals surface area contributed by atoms with Gasteiger partial charge in [-0.05, 0) is 37.6 Å². The van der Waals surface area contributed by atoms with E-state index in [1.54, 1.807) is 18.6 Å². The molecule has 0 amide bonds. The molecule has 3 N–H and O–H groups in total. The highest BCUT2D eigenvalue weighted by atomic mass is 15.3. The molecule has 0 radical (unpaired) electrons. The summed E-state index contributed by atoms with van der Waals surface area (Å²) in [6.07, 6.45) is 11.0. The third-order valence-corrected chi connectivity index (χ3v) is 6.02. The van der Waals surface area contributed by atoms with Gasteiger partial charge in [0, 0.05) is 61.1 Å². The smallest absolute Gasteiger partial charge is 0.153 e. The summed E-state index contributed by atoms with van der Waals surface area (Å²) in [7, 11) is 0. The van der Waals surface area contributed by atoms with Crippen LogP contribution in [-0.4, -0.2) is 40.1 Å². The zero-order valence-corrected chi connectivity index (χ0v) is 17.8. The van der Waals surface area contributed by atoms with Gasteiger partial charge in [0.2, 0.25) is 0 Å². The van der Waals surface area contributed by atoms with E-state index in [-0.39, 0.29) is 0 Å². The summed E-state index contributed by atoms with van der Waals surface area (Å²) < 4.78 is 0. The predicted molar refractivity (Wildman–Crippen MR) is 123 cm³/mol. The van der Waals surface area contributed by atoms with Gasteiger partial charge in [-0.3, -0.25) is 4.98 Å². The largest absolute Gasteiger partial charge is 0.354 e. The second-order valence-corrected chi connectivity index (χ2v) is 8.38. The van der Waals surface area contributed by atoms with Crippen molar-refractivity contribution in [2.45, 2.75) is 31.6 Å². The molecule has 7 nitrogen and oxygen atoms in total. The second-order valence-electron chi connectivity index (χ2n) is 8.38. The Hall–Kier alpha value is -3.29. The highest BCUT2D eigenvalue weighted by Gasteiger charge is 2.40. The van der Waals surface area contributed by atoms with Gasteiger partial charge in [-0.1, -0.05) is 24.3 Å². The van der Waals surface area contributed by atoms with Crippen LogP contribution in [0.25, 0.3) is 6.08 Å². The van der Waals surface area contributed by atoms with Crippen LogP contribution in [0.3, 0.4) is 0 Å². The van der Waals surface area contributed by atoms with Crippen molar-refractivity contribution in [3.63, 3.8) is 0 Å². The molecule has 2 aliphatic rings. The number of nitrogens with one attached hydrogen (secondary N) is 1. The van der Waals surface area contributed by atoms with Crippen molar-refractivity contribution >= 4 is 17.7 Å². The molecule has 1 unspecified atom stereocenters. The summed E-state index contributed by atoms with van der Waals surface area (Å²) in [6, 6.07) is 13.1. The Morgan fingerprint density at radius 1 is 1.00 bits per heavy atom. The van der Waals surface area contributed by atoms with E-state index in [9.17, 15) is 0 Å². The number of nitrogens with zero attached hydrogens (tertiary/aromatic N) is 5. The fourth-order valence-electron chi connectivity index (χ4n) is 4.70. The van der Waals surface area contributed by atoms with E-state index in [0.29, 0.717) is 17.9 Å². The van der Waals surface area contributed by atoms with Gasteiger partial charge >= 0.3 is 0 Å². The van der Waals surface area contributed by atoms with Crippen LogP contribution >= 0.6 is 0 Å². The minimum Gasteiger partial charge on any atom is -0.354 e. The van der Waals surface area contributed by atoms with E-state index in [1.807, 2.05) is 35.5 Å². The third kappa shape index (κ3) is 3.45. The SMILES string of the molecule is C[C@@H]1CN(c2cc(C3(N)c4ccccc4C=CN3c3cnccn3)ccn2)C[C@H](C)N1. The molecule has 1 saturated heterocycles. The van der Waals surface area contributed by atoms with Crippen molar-refractivity contribution in [1.29, 1.82) is 0 Å². The molecule has 0 spiro atoms. The van der Waals surface area contributed by atoms with Crippen molar-refractivity contribution in [2.24, 2.45) is 5.73 Å². The summed E-state index contributed by atoms with van der Waals surface area (Å²) in [6.45, 7) is 6.22. The molecule has 1 fully saturated rings. The number of pyridine rings is 1. The average molecular weight is 414 g/mol. The average Bonchev–Trinajstić information content (AvgIpc) is 2.79. The van der Waals surface area contributed by atoms with Crippen molar-refractivity contribution in [2.75, 3.05) is 22.9 Å². The van der Waals surface area contributed by atoms with E-state index in [2.05, 4.69) is 63.3 Å². The van der Waals surface area contributed by atoms with E-state index in [1.165, 1.54) is 0 Å². The monoisotopic (exact) mass is 413 g/mol. The Morgan fingerprint density at radius 3 is 2.55 bits per heavy atom. The van der Waals surface area contributed by atoms with E-state index in [4.69, 9.17) is 5.73 Å². The van der Waals surface area contributed by atoms with Crippen LogP contribution in [0.4, 0.5) is 11.6 Å². The minimum absolute atomic E-state index is 0.399. The molecular formula is C24H27N7. The molecule has 7 heteroatoms. The van der Waals surface area contributed by atoms with Gasteiger partial charge in [-0.15, -0.1) is 0 Å². The molecular weight excluding hydrogens is 386 g/mol. The first-order chi connectivity index (χ1) is 15.1. The van der Waals surface area contributed by atoms with Crippen LogP contribution in [0.5, 0.6) is 0 Å². The fraction of sp³-hybridized carbons (Fsp3) is 0.292. The first-order valence-electron chi connectivity index (χ1n) is 10.6. The van der Waals surface area contributed by atoms with Crippen LogP contribution in [0.2, 0.25) is 0 Å². The molecule has 2 aliphatic heterocycles. The van der Waals surface area contributed by atoms with Crippen molar-refractivity contribution < 1.29 is 0 Å². The second kappa shape index (κ2) is 7.76. The number of hydrogen-bond donors (Lipinski definition) is 2. The number of aromatic nitrogens is 3. The summed E-state index contributed by atoms with van der Waals surface area (Å²) >= 11 is 0. The lowest BCUT2D eigenvalue weighted by molar-refractivity contribution is 0.405. The van der Waals surface area contributed by atoms with Crippen LogP contribution in [0.15, 0.2) is 67.4 Å². The summed E-state index contributed by atoms with van der Waals surface area (Å²) in [5, 5.41) is 3.58. The normalized spacial score (nSPS) is 25.4. The zero-order valence-electron chi connectivity index (χ0n) is 17.8. The van der Waals surface area contributed by atoms with Crippen LogP contribution in [0.1, 0.15) is 30.5 Å². The van der Waals surface area contributed by atoms with Gasteiger partial charge in [0.1, 0.15) is 11.5 Å². The van der Waals surface area contributed by atoms with Gasteiger partial charge in [0.05, 0.1) is 6.20 Å². The Balaban J connectivity index is 1.63. The maximum absolute atomic E-state index is 7.27. The van der Waals surface area contributed by atoms with Crippen molar-refractivity contribution in [3.05, 3.63) is 84.1 Å². The first kappa shape index (κ1) is 19.7. The van der Waals surface area contributed by atoms with Gasteiger partial charge in [0.25, 0.3) is 0 Å². The van der Waals surface area contributed by atoms with Gasteiger partial charge < -0.3 is 20.9 Å². The quantitative estimate of drug-likeness (QED) is 0.683. The van der Waals surface area contributed by atoms with E-state index in [0.717, 1.165) is 35.6 Å². The first-order valence-corrected chi connectivity index (χ1v) is 10.6. The number of rotatable bonds is 3. The number of fused-ring (bicyclic) bond motifs is 1. The Bertz CT molecular complexity index is 1090. The lowest BCUT2D eigenvalue weighted by atomic mass is 9.85. The molecule has 0 bridgehead atoms. The topological polar surface area (TPSA) is 83.2 Å². The Kier molecular flexibility index (Phi) is 4.92. The molecule has 4 heterocycles. The Labute approximate surface area is 182 Å². The van der Waals surface area contributed by atoms with Crippen LogP contribution in [-0.2, 0) is 5.66 Å². The molecule has 31 heavy (non-hydrogen) atoms. The standard InChI is InChI=1S/C24H27N7/c1-17-15-30(16-18(2)29-17)22-13-20(7-9-27-22)24(25)21-6-4-3-5-19(21)8-12-31(24)23-14-26-10-11-28-23/h3-14,17-18,29H,15-16,25H2,1-2H3/t17-,18+,24?. The van der Waals surface area contributed by atoms with Gasteiger partial charge in [-0.25, -0.2) is 9.97 Å². The molecule has 5 rings (SSSR count). The van der Waals surface area contributed by atoms with Crippen molar-refractivity contribution in [3.8, 4) is 0 Å². The number of anilines is 2. The fourth-order valence-corrected chi connectivity index (χ4v) is 4.70. The molecule has 158 valence electrons. The lowest BCUT2D eigenvalue weighted by Gasteiger charge is -2.44. The number of hydrogen-bond acceptors (Lipinski definition) is 7. The maximum atomic E-state index is 7.27.